The van der Waals surface area contributed by atoms with E-state index >= 15 is 0 Å². The highest BCUT2D eigenvalue weighted by Crippen LogP contribution is 2.12. The van der Waals surface area contributed by atoms with Crippen molar-refractivity contribution >= 4 is 11.3 Å². The van der Waals surface area contributed by atoms with Gasteiger partial charge in [0, 0.05) is 24.4 Å². The van der Waals surface area contributed by atoms with Crippen molar-refractivity contribution in [2.45, 2.75) is 12.6 Å². The molecule has 1 aliphatic rings. The third-order valence-electron chi connectivity index (χ3n) is 1.30. The Morgan fingerprint density at radius 3 is 2.67 bits per heavy atom. The molecule has 0 N–H and O–H groups in total. The van der Waals surface area contributed by atoms with Crippen molar-refractivity contribution in [3.8, 4) is 0 Å². The molecule has 1 saturated heterocycles. The SMILES string of the molecule is O=S([O-])N1CC[C@@H](F)C1. The number of nitrogens with zero attached hydrogens (tertiary/aromatic N) is 1. The summed E-state index contributed by atoms with van der Waals surface area (Å²) in [6.07, 6.45) is -0.614. The molecule has 54 valence electrons. The molecule has 3 nitrogen and oxygen atoms in total. The van der Waals surface area contributed by atoms with Gasteiger partial charge in [0.15, 0.2) is 0 Å². The van der Waals surface area contributed by atoms with Crippen molar-refractivity contribution in [2.75, 3.05) is 13.1 Å². The van der Waals surface area contributed by atoms with Gasteiger partial charge in [-0.25, -0.2) is 8.70 Å². The Bertz CT molecular complexity index is 132. The summed E-state index contributed by atoms with van der Waals surface area (Å²) >= 11 is -2.22. The summed E-state index contributed by atoms with van der Waals surface area (Å²) in [4.78, 5) is 0. The molecular formula is C4H7FNO2S-. The first-order valence-electron chi connectivity index (χ1n) is 2.68. The molecule has 0 aliphatic carbocycles. The van der Waals surface area contributed by atoms with Gasteiger partial charge >= 0.3 is 0 Å². The van der Waals surface area contributed by atoms with Crippen LogP contribution in [-0.2, 0) is 11.3 Å². The first-order valence-corrected chi connectivity index (χ1v) is 3.71. The van der Waals surface area contributed by atoms with Crippen LogP contribution < -0.4 is 0 Å². The van der Waals surface area contributed by atoms with E-state index in [9.17, 15) is 13.2 Å². The number of halogens is 1. The van der Waals surface area contributed by atoms with Crippen LogP contribution in [-0.4, -0.2) is 32.3 Å². The van der Waals surface area contributed by atoms with Crippen LogP contribution >= 0.6 is 0 Å². The Hall–Kier alpha value is -0.0000000000000000555. The van der Waals surface area contributed by atoms with E-state index in [0.29, 0.717) is 13.0 Å². The molecule has 2 atom stereocenters. The first kappa shape index (κ1) is 7.11. The fourth-order valence-electron chi connectivity index (χ4n) is 0.823. The highest BCUT2D eigenvalue weighted by atomic mass is 32.2. The predicted octanol–water partition coefficient (Wildman–Crippen LogP) is -0.176. The van der Waals surface area contributed by atoms with E-state index in [2.05, 4.69) is 0 Å². The van der Waals surface area contributed by atoms with Crippen LogP contribution in [0.15, 0.2) is 0 Å². The predicted molar refractivity (Wildman–Crippen MR) is 30.0 cm³/mol. The average molecular weight is 152 g/mol. The number of alkyl halides is 1. The molecule has 1 aliphatic heterocycles. The lowest BCUT2D eigenvalue weighted by molar-refractivity contribution is 0.339. The smallest absolute Gasteiger partial charge is 0.115 e. The van der Waals surface area contributed by atoms with Gasteiger partial charge in [-0.05, 0) is 6.42 Å². The Kier molecular flexibility index (Phi) is 2.15. The van der Waals surface area contributed by atoms with Crippen molar-refractivity contribution < 1.29 is 13.2 Å². The fraction of sp³-hybridized carbons (Fsp3) is 1.00. The molecule has 0 aromatic rings. The van der Waals surface area contributed by atoms with Crippen LogP contribution in [0.2, 0.25) is 0 Å². The Morgan fingerprint density at radius 1 is 1.78 bits per heavy atom. The minimum Gasteiger partial charge on any atom is -0.760 e. The van der Waals surface area contributed by atoms with E-state index in [1.54, 1.807) is 0 Å². The van der Waals surface area contributed by atoms with E-state index in [1.165, 1.54) is 0 Å². The molecule has 1 unspecified atom stereocenters. The molecule has 0 bridgehead atoms. The molecule has 9 heavy (non-hydrogen) atoms. The maximum Gasteiger partial charge on any atom is 0.115 e. The lowest BCUT2D eigenvalue weighted by Gasteiger charge is -2.16. The van der Waals surface area contributed by atoms with Crippen LogP contribution in [0.25, 0.3) is 0 Å². The summed E-state index contributed by atoms with van der Waals surface area (Å²) in [6.45, 7) is 0.368. The molecular weight excluding hydrogens is 145 g/mol. The minimum absolute atomic E-state index is 0.0378. The standard InChI is InChI=1S/C4H8FNO2S/c5-4-1-2-6(3-4)9(7)8/h4H,1-3H2,(H,7,8)/p-1/t4-/m1/s1. The van der Waals surface area contributed by atoms with Gasteiger partial charge in [0.05, 0.1) is 0 Å². The second-order valence-corrected chi connectivity index (χ2v) is 2.94. The van der Waals surface area contributed by atoms with Crippen LogP contribution in [0.1, 0.15) is 6.42 Å². The van der Waals surface area contributed by atoms with Gasteiger partial charge in [-0.1, -0.05) is 0 Å². The van der Waals surface area contributed by atoms with Crippen molar-refractivity contribution in [3.05, 3.63) is 0 Å². The molecule has 0 spiro atoms. The summed E-state index contributed by atoms with van der Waals surface area (Å²) < 4.78 is 33.5. The third kappa shape index (κ3) is 1.70. The Balaban J connectivity index is 2.39. The normalized spacial score (nSPS) is 32.9. The first-order chi connectivity index (χ1) is 4.20. The highest BCUT2D eigenvalue weighted by Gasteiger charge is 2.21. The molecule has 1 heterocycles. The van der Waals surface area contributed by atoms with Gasteiger partial charge in [-0.3, -0.25) is 4.21 Å². The zero-order valence-corrected chi connectivity index (χ0v) is 5.57. The molecule has 0 amide bonds. The number of hydrogen-bond donors (Lipinski definition) is 0. The van der Waals surface area contributed by atoms with E-state index in [1.807, 2.05) is 0 Å². The lowest BCUT2D eigenvalue weighted by atomic mass is 10.4. The van der Waals surface area contributed by atoms with Crippen molar-refractivity contribution in [2.24, 2.45) is 0 Å². The lowest BCUT2D eigenvalue weighted by Crippen LogP contribution is -2.22. The molecule has 0 saturated carbocycles. The van der Waals surface area contributed by atoms with E-state index in [0.717, 1.165) is 4.31 Å². The van der Waals surface area contributed by atoms with Crippen molar-refractivity contribution in [3.63, 3.8) is 0 Å². The Morgan fingerprint density at radius 2 is 2.44 bits per heavy atom. The van der Waals surface area contributed by atoms with Crippen LogP contribution in [0, 0.1) is 0 Å². The van der Waals surface area contributed by atoms with Gasteiger partial charge in [0.1, 0.15) is 6.17 Å². The van der Waals surface area contributed by atoms with Gasteiger partial charge in [-0.15, -0.1) is 0 Å². The monoisotopic (exact) mass is 152 g/mol. The topological polar surface area (TPSA) is 43.4 Å². The highest BCUT2D eigenvalue weighted by molar-refractivity contribution is 7.76. The van der Waals surface area contributed by atoms with Crippen molar-refractivity contribution in [1.82, 2.24) is 4.31 Å². The zero-order valence-electron chi connectivity index (χ0n) is 4.75. The van der Waals surface area contributed by atoms with Gasteiger partial charge in [-0.2, -0.15) is 0 Å². The quantitative estimate of drug-likeness (QED) is 0.489. The molecule has 1 rings (SSSR count). The molecule has 1 fully saturated rings. The van der Waals surface area contributed by atoms with E-state index in [-0.39, 0.29) is 6.54 Å². The summed E-state index contributed by atoms with van der Waals surface area (Å²) in [5.41, 5.74) is 0. The molecule has 0 aromatic heterocycles. The Labute approximate surface area is 55.3 Å². The van der Waals surface area contributed by atoms with Gasteiger partial charge in [0.2, 0.25) is 0 Å². The molecule has 5 heteroatoms. The maximum atomic E-state index is 12.2. The number of hydrogen-bond acceptors (Lipinski definition) is 2. The second-order valence-electron chi connectivity index (χ2n) is 1.99. The van der Waals surface area contributed by atoms with Crippen molar-refractivity contribution in [1.29, 1.82) is 0 Å². The maximum absolute atomic E-state index is 12.2. The minimum atomic E-state index is -2.22. The van der Waals surface area contributed by atoms with E-state index in [4.69, 9.17) is 0 Å². The molecule has 0 aromatic carbocycles. The van der Waals surface area contributed by atoms with E-state index < -0.39 is 17.4 Å². The molecule has 0 radical (unpaired) electrons. The average Bonchev–Trinajstić information content (AvgIpc) is 2.14. The van der Waals surface area contributed by atoms with Gasteiger partial charge < -0.3 is 4.55 Å². The van der Waals surface area contributed by atoms with Crippen LogP contribution in [0.3, 0.4) is 0 Å². The largest absolute Gasteiger partial charge is 0.760 e. The van der Waals surface area contributed by atoms with Crippen LogP contribution in [0.5, 0.6) is 0 Å². The third-order valence-corrected chi connectivity index (χ3v) is 2.06. The van der Waals surface area contributed by atoms with Crippen LogP contribution in [0.4, 0.5) is 4.39 Å². The fourth-order valence-corrected chi connectivity index (χ4v) is 1.36. The van der Waals surface area contributed by atoms with Gasteiger partial charge in [0.25, 0.3) is 0 Å². The summed E-state index contributed by atoms with van der Waals surface area (Å²) in [5, 5.41) is 0. The number of rotatable bonds is 1. The summed E-state index contributed by atoms with van der Waals surface area (Å²) in [6, 6.07) is 0. The second kappa shape index (κ2) is 2.72. The summed E-state index contributed by atoms with van der Waals surface area (Å²) in [7, 11) is 0. The summed E-state index contributed by atoms with van der Waals surface area (Å²) in [5.74, 6) is 0. The zero-order chi connectivity index (χ0) is 6.85.